The Hall–Kier alpha value is -1.03. The lowest BCUT2D eigenvalue weighted by molar-refractivity contribution is 0.411. The Morgan fingerprint density at radius 1 is 1.53 bits per heavy atom. The molecular formula is C11H13BrN2O. The number of hydrogen-bond donors (Lipinski definition) is 0. The van der Waals surface area contributed by atoms with Gasteiger partial charge in [0.2, 0.25) is 0 Å². The van der Waals surface area contributed by atoms with Gasteiger partial charge in [-0.2, -0.15) is 0 Å². The van der Waals surface area contributed by atoms with Gasteiger partial charge in [0.25, 0.3) is 0 Å². The third-order valence-electron chi connectivity index (χ3n) is 2.36. The molecule has 0 amide bonds. The Morgan fingerprint density at radius 2 is 2.40 bits per heavy atom. The molecule has 15 heavy (non-hydrogen) atoms. The first-order chi connectivity index (χ1) is 7.29. The van der Waals surface area contributed by atoms with E-state index in [0.717, 1.165) is 29.9 Å². The number of methoxy groups -OCH3 is 1. The van der Waals surface area contributed by atoms with Crippen LogP contribution >= 0.6 is 15.9 Å². The lowest BCUT2D eigenvalue weighted by atomic mass is 10.2. The van der Waals surface area contributed by atoms with Gasteiger partial charge in [0.1, 0.15) is 5.75 Å². The van der Waals surface area contributed by atoms with E-state index in [1.54, 1.807) is 7.11 Å². The molecule has 0 N–H and O–H groups in total. The van der Waals surface area contributed by atoms with E-state index in [-0.39, 0.29) is 0 Å². The molecule has 3 nitrogen and oxygen atoms in total. The molecule has 1 aromatic rings. The Bertz CT molecular complexity index is 379. The molecule has 0 bridgehead atoms. The Morgan fingerprint density at radius 3 is 3.00 bits per heavy atom. The SMILES string of the molecule is COc1ccc(CN2C=NCC2)cc1Br. The molecule has 1 heterocycles. The summed E-state index contributed by atoms with van der Waals surface area (Å²) in [5, 5.41) is 0. The standard InChI is InChI=1S/C11H13BrN2O/c1-15-11-3-2-9(6-10(11)12)7-14-5-4-13-8-14/h2-3,6,8H,4-5,7H2,1H3. The van der Waals surface area contributed by atoms with Gasteiger partial charge in [-0.05, 0) is 33.6 Å². The van der Waals surface area contributed by atoms with Crippen molar-refractivity contribution in [3.05, 3.63) is 28.2 Å². The second-order valence-corrected chi connectivity index (χ2v) is 4.32. The molecule has 1 aliphatic heterocycles. The Labute approximate surface area is 97.9 Å². The Kier molecular flexibility index (Phi) is 3.26. The number of rotatable bonds is 3. The normalized spacial score (nSPS) is 14.7. The fraction of sp³-hybridized carbons (Fsp3) is 0.364. The van der Waals surface area contributed by atoms with Crippen molar-refractivity contribution in [2.45, 2.75) is 6.54 Å². The molecule has 0 saturated carbocycles. The largest absolute Gasteiger partial charge is 0.496 e. The molecule has 1 aliphatic rings. The first-order valence-corrected chi connectivity index (χ1v) is 5.65. The molecule has 0 radical (unpaired) electrons. The molecular weight excluding hydrogens is 256 g/mol. The van der Waals surface area contributed by atoms with Crippen molar-refractivity contribution < 1.29 is 4.74 Å². The van der Waals surface area contributed by atoms with Gasteiger partial charge in [0, 0.05) is 13.1 Å². The minimum Gasteiger partial charge on any atom is -0.496 e. The van der Waals surface area contributed by atoms with Crippen LogP contribution < -0.4 is 4.74 Å². The second-order valence-electron chi connectivity index (χ2n) is 3.46. The van der Waals surface area contributed by atoms with Crippen LogP contribution in [0.1, 0.15) is 5.56 Å². The van der Waals surface area contributed by atoms with Crippen LogP contribution in [0.2, 0.25) is 0 Å². The first-order valence-electron chi connectivity index (χ1n) is 4.86. The van der Waals surface area contributed by atoms with Crippen LogP contribution in [0, 0.1) is 0 Å². The van der Waals surface area contributed by atoms with Gasteiger partial charge in [-0.25, -0.2) is 0 Å². The molecule has 2 rings (SSSR count). The topological polar surface area (TPSA) is 24.8 Å². The lowest BCUT2D eigenvalue weighted by Crippen LogP contribution is -2.18. The number of ether oxygens (including phenoxy) is 1. The molecule has 0 atom stereocenters. The average Bonchev–Trinajstić information content (AvgIpc) is 2.71. The highest BCUT2D eigenvalue weighted by Gasteiger charge is 2.07. The van der Waals surface area contributed by atoms with E-state index in [4.69, 9.17) is 4.74 Å². The van der Waals surface area contributed by atoms with Crippen LogP contribution in [0.4, 0.5) is 0 Å². The van der Waals surface area contributed by atoms with E-state index in [0.29, 0.717) is 0 Å². The van der Waals surface area contributed by atoms with Crippen molar-refractivity contribution >= 4 is 22.3 Å². The molecule has 0 saturated heterocycles. The van der Waals surface area contributed by atoms with Crippen molar-refractivity contribution in [3.63, 3.8) is 0 Å². The van der Waals surface area contributed by atoms with Gasteiger partial charge in [0.15, 0.2) is 0 Å². The van der Waals surface area contributed by atoms with Gasteiger partial charge in [-0.3, -0.25) is 4.99 Å². The van der Waals surface area contributed by atoms with E-state index < -0.39 is 0 Å². The maximum Gasteiger partial charge on any atom is 0.133 e. The minimum absolute atomic E-state index is 0.869. The molecule has 1 aromatic carbocycles. The summed E-state index contributed by atoms with van der Waals surface area (Å²) in [4.78, 5) is 6.38. The maximum atomic E-state index is 5.18. The van der Waals surface area contributed by atoms with Crippen molar-refractivity contribution in [3.8, 4) is 5.75 Å². The van der Waals surface area contributed by atoms with Crippen molar-refractivity contribution in [2.24, 2.45) is 4.99 Å². The summed E-state index contributed by atoms with van der Waals surface area (Å²) in [6, 6.07) is 6.15. The molecule has 0 spiro atoms. The summed E-state index contributed by atoms with van der Waals surface area (Å²) in [6.07, 6.45) is 1.91. The van der Waals surface area contributed by atoms with E-state index >= 15 is 0 Å². The smallest absolute Gasteiger partial charge is 0.133 e. The maximum absolute atomic E-state index is 5.18. The van der Waals surface area contributed by atoms with Crippen LogP contribution in [0.15, 0.2) is 27.7 Å². The van der Waals surface area contributed by atoms with Gasteiger partial charge in [-0.1, -0.05) is 6.07 Å². The summed E-state index contributed by atoms with van der Waals surface area (Å²) in [5.74, 6) is 0.869. The number of nitrogens with zero attached hydrogens (tertiary/aromatic N) is 2. The molecule has 0 aromatic heterocycles. The van der Waals surface area contributed by atoms with Crippen molar-refractivity contribution in [1.82, 2.24) is 4.90 Å². The quantitative estimate of drug-likeness (QED) is 0.841. The fourth-order valence-electron chi connectivity index (χ4n) is 1.58. The van der Waals surface area contributed by atoms with E-state index in [9.17, 15) is 0 Å². The van der Waals surface area contributed by atoms with E-state index in [2.05, 4.69) is 38.0 Å². The molecule has 0 unspecified atom stereocenters. The van der Waals surface area contributed by atoms with Crippen LogP contribution in [0.25, 0.3) is 0 Å². The molecule has 0 fully saturated rings. The minimum atomic E-state index is 0.869. The van der Waals surface area contributed by atoms with Crippen LogP contribution in [-0.2, 0) is 6.54 Å². The molecule has 4 heteroatoms. The third kappa shape index (κ3) is 2.50. The fourth-order valence-corrected chi connectivity index (χ4v) is 2.17. The van der Waals surface area contributed by atoms with Crippen LogP contribution in [0.3, 0.4) is 0 Å². The number of halogens is 1. The van der Waals surface area contributed by atoms with Crippen LogP contribution in [0.5, 0.6) is 5.75 Å². The van der Waals surface area contributed by atoms with E-state index in [1.165, 1.54) is 5.56 Å². The predicted octanol–water partition coefficient (Wildman–Crippen LogP) is 2.30. The van der Waals surface area contributed by atoms with Gasteiger partial charge >= 0.3 is 0 Å². The van der Waals surface area contributed by atoms with Crippen LogP contribution in [-0.4, -0.2) is 31.4 Å². The second kappa shape index (κ2) is 4.66. The highest BCUT2D eigenvalue weighted by Crippen LogP contribution is 2.25. The highest BCUT2D eigenvalue weighted by molar-refractivity contribution is 9.10. The predicted molar refractivity (Wildman–Crippen MR) is 64.5 cm³/mol. The number of hydrogen-bond acceptors (Lipinski definition) is 3. The van der Waals surface area contributed by atoms with Crippen molar-refractivity contribution in [2.75, 3.05) is 20.2 Å². The summed E-state index contributed by atoms with van der Waals surface area (Å²) in [5.41, 5.74) is 1.26. The first kappa shape index (κ1) is 10.5. The number of benzene rings is 1. The van der Waals surface area contributed by atoms with E-state index in [1.807, 2.05) is 12.4 Å². The summed E-state index contributed by atoms with van der Waals surface area (Å²) in [6.45, 7) is 2.84. The average molecular weight is 269 g/mol. The molecule has 0 aliphatic carbocycles. The number of aliphatic imine (C=N–C) groups is 1. The highest BCUT2D eigenvalue weighted by atomic mass is 79.9. The van der Waals surface area contributed by atoms with Crippen molar-refractivity contribution in [1.29, 1.82) is 0 Å². The van der Waals surface area contributed by atoms with Gasteiger partial charge in [0.05, 0.1) is 24.5 Å². The summed E-state index contributed by atoms with van der Waals surface area (Å²) in [7, 11) is 1.67. The lowest BCUT2D eigenvalue weighted by Gasteiger charge is -2.14. The Balaban J connectivity index is 2.08. The summed E-state index contributed by atoms with van der Waals surface area (Å²) < 4.78 is 6.18. The monoisotopic (exact) mass is 268 g/mol. The zero-order valence-corrected chi connectivity index (χ0v) is 10.2. The zero-order chi connectivity index (χ0) is 10.7. The summed E-state index contributed by atoms with van der Waals surface area (Å²) >= 11 is 3.48. The van der Waals surface area contributed by atoms with Gasteiger partial charge < -0.3 is 9.64 Å². The third-order valence-corrected chi connectivity index (χ3v) is 2.98. The van der Waals surface area contributed by atoms with Gasteiger partial charge in [-0.15, -0.1) is 0 Å². The zero-order valence-electron chi connectivity index (χ0n) is 8.61. The molecule has 80 valence electrons.